The Hall–Kier alpha value is -0.213. The number of carbonyl (C=O) groups is 3. The molecular formula is C30H60CeO6. The first kappa shape index (κ1) is 43.8. The molecular weight excluding hydrogens is 596 g/mol. The third kappa shape index (κ3) is 56.9. The van der Waals surface area contributed by atoms with E-state index in [2.05, 4.69) is 55.4 Å². The van der Waals surface area contributed by atoms with Crippen molar-refractivity contribution in [3.8, 4) is 0 Å². The SMILES string of the molecule is CC(C)(C)CCCCCC(=O)O.CC(C)(C)CCCCCC(=O)O.CC(C)CCCCCCC(=O)O.[Ce]. The quantitative estimate of drug-likeness (QED) is 0.135. The van der Waals surface area contributed by atoms with Crippen molar-refractivity contribution in [2.75, 3.05) is 0 Å². The molecule has 0 rings (SSSR count). The first-order chi connectivity index (χ1) is 16.5. The average Bonchev–Trinajstić information content (AvgIpc) is 2.68. The summed E-state index contributed by atoms with van der Waals surface area (Å²) in [4.78, 5) is 30.5. The Bertz CT molecular complexity index is 513. The van der Waals surface area contributed by atoms with E-state index in [4.69, 9.17) is 15.3 Å². The number of rotatable bonds is 17. The van der Waals surface area contributed by atoms with Crippen LogP contribution in [0.2, 0.25) is 0 Å². The van der Waals surface area contributed by atoms with Crippen LogP contribution < -0.4 is 0 Å². The van der Waals surface area contributed by atoms with Gasteiger partial charge in [0.2, 0.25) is 0 Å². The van der Waals surface area contributed by atoms with E-state index < -0.39 is 17.9 Å². The minimum absolute atomic E-state index is 0. The maximum absolute atomic E-state index is 10.2. The molecule has 220 valence electrons. The fourth-order valence-corrected chi connectivity index (χ4v) is 3.40. The summed E-state index contributed by atoms with van der Waals surface area (Å²) in [6.45, 7) is 17.7. The fraction of sp³-hybridized carbons (Fsp3) is 0.900. The molecule has 0 saturated carbocycles. The van der Waals surface area contributed by atoms with Crippen molar-refractivity contribution in [2.24, 2.45) is 16.7 Å². The van der Waals surface area contributed by atoms with Crippen LogP contribution in [0.4, 0.5) is 0 Å². The molecule has 0 bridgehead atoms. The molecule has 0 aliphatic rings. The Morgan fingerprint density at radius 3 is 1.03 bits per heavy atom. The van der Waals surface area contributed by atoms with Crippen molar-refractivity contribution in [1.29, 1.82) is 0 Å². The van der Waals surface area contributed by atoms with Crippen LogP contribution >= 0.6 is 0 Å². The summed E-state index contributed by atoms with van der Waals surface area (Å²) in [5.41, 5.74) is 0.784. The molecule has 0 unspecified atom stereocenters. The largest absolute Gasteiger partial charge is 0.481 e. The zero-order chi connectivity index (χ0) is 28.6. The van der Waals surface area contributed by atoms with Crippen LogP contribution in [0, 0.1) is 58.5 Å². The maximum Gasteiger partial charge on any atom is 0.303 e. The van der Waals surface area contributed by atoms with Gasteiger partial charge in [0.05, 0.1) is 0 Å². The molecule has 0 saturated heterocycles. The first-order valence-corrected chi connectivity index (χ1v) is 14.1. The van der Waals surface area contributed by atoms with Crippen LogP contribution in [-0.2, 0) is 14.4 Å². The van der Waals surface area contributed by atoms with Gasteiger partial charge in [-0.25, -0.2) is 0 Å². The minimum Gasteiger partial charge on any atom is -0.481 e. The van der Waals surface area contributed by atoms with E-state index in [1.165, 1.54) is 32.1 Å². The molecule has 0 aromatic carbocycles. The van der Waals surface area contributed by atoms with Crippen molar-refractivity contribution in [1.82, 2.24) is 0 Å². The molecule has 0 aromatic rings. The van der Waals surface area contributed by atoms with Crippen molar-refractivity contribution in [3.05, 3.63) is 0 Å². The van der Waals surface area contributed by atoms with E-state index in [1.54, 1.807) is 0 Å². The van der Waals surface area contributed by atoms with Crippen LogP contribution in [-0.4, -0.2) is 33.2 Å². The molecule has 0 radical (unpaired) electrons. The Labute approximate surface area is 262 Å². The van der Waals surface area contributed by atoms with Gasteiger partial charge in [0.15, 0.2) is 0 Å². The van der Waals surface area contributed by atoms with Crippen molar-refractivity contribution < 1.29 is 71.5 Å². The van der Waals surface area contributed by atoms with Gasteiger partial charge < -0.3 is 15.3 Å². The van der Waals surface area contributed by atoms with Crippen LogP contribution in [0.15, 0.2) is 0 Å². The number of hydrogen-bond acceptors (Lipinski definition) is 3. The number of carboxylic acid groups (broad SMARTS) is 3. The Morgan fingerprint density at radius 1 is 0.514 bits per heavy atom. The third-order valence-electron chi connectivity index (χ3n) is 5.56. The topological polar surface area (TPSA) is 112 Å². The van der Waals surface area contributed by atoms with E-state index in [0.29, 0.717) is 30.1 Å². The molecule has 7 heteroatoms. The number of carboxylic acids is 3. The number of unbranched alkanes of at least 4 members (excludes halogenated alkanes) is 7. The average molecular weight is 657 g/mol. The monoisotopic (exact) mass is 656 g/mol. The molecule has 0 fully saturated rings. The second kappa shape index (κ2) is 27.4. The molecule has 37 heavy (non-hydrogen) atoms. The van der Waals surface area contributed by atoms with Crippen molar-refractivity contribution in [2.45, 2.75) is 158 Å². The minimum atomic E-state index is -0.675. The van der Waals surface area contributed by atoms with Gasteiger partial charge in [0, 0.05) is 61.0 Å². The van der Waals surface area contributed by atoms with E-state index >= 15 is 0 Å². The van der Waals surface area contributed by atoms with E-state index in [1.807, 2.05) is 0 Å². The van der Waals surface area contributed by atoms with Gasteiger partial charge in [-0.3, -0.25) is 14.4 Å². The van der Waals surface area contributed by atoms with Gasteiger partial charge >= 0.3 is 17.9 Å². The summed E-state index contributed by atoms with van der Waals surface area (Å²) in [6.07, 6.45) is 15.0. The van der Waals surface area contributed by atoms with Crippen LogP contribution in [0.5, 0.6) is 0 Å². The van der Waals surface area contributed by atoms with Gasteiger partial charge in [-0.15, -0.1) is 0 Å². The van der Waals surface area contributed by atoms with Crippen LogP contribution in [0.25, 0.3) is 0 Å². The predicted octanol–water partition coefficient (Wildman–Crippen LogP) is 9.20. The van der Waals surface area contributed by atoms with E-state index in [9.17, 15) is 14.4 Å². The molecule has 0 heterocycles. The summed E-state index contributed by atoms with van der Waals surface area (Å²) >= 11 is 0. The molecule has 0 aliphatic heterocycles. The Morgan fingerprint density at radius 2 is 0.784 bits per heavy atom. The zero-order valence-corrected chi connectivity index (χ0v) is 28.6. The summed E-state index contributed by atoms with van der Waals surface area (Å²) in [6, 6.07) is 0. The van der Waals surface area contributed by atoms with E-state index in [-0.39, 0.29) is 41.7 Å². The van der Waals surface area contributed by atoms with Gasteiger partial charge in [0.1, 0.15) is 0 Å². The predicted molar refractivity (Wildman–Crippen MR) is 151 cm³/mol. The van der Waals surface area contributed by atoms with Gasteiger partial charge in [-0.1, -0.05) is 107 Å². The molecule has 0 aromatic heterocycles. The molecule has 0 aliphatic carbocycles. The zero-order valence-electron chi connectivity index (χ0n) is 25.5. The third-order valence-corrected chi connectivity index (χ3v) is 5.56. The Balaban J connectivity index is -0.000000218. The molecule has 6 nitrogen and oxygen atoms in total. The Kier molecular flexibility index (Phi) is 32.4. The smallest absolute Gasteiger partial charge is 0.303 e. The normalized spacial score (nSPS) is 10.9. The standard InChI is InChI=1S/3C10H20O2.Ce/c2*1-10(2,3)8-6-4-5-7-9(11)12;1-9(2)7-5-3-4-6-8-10(11)12;/h2*4-8H2,1-3H3,(H,11,12);9H,3-8H2,1-2H3,(H,11,12);. The summed E-state index contributed by atoms with van der Waals surface area (Å²) in [7, 11) is 0. The summed E-state index contributed by atoms with van der Waals surface area (Å²) in [5.74, 6) is -1.24. The van der Waals surface area contributed by atoms with Crippen LogP contribution in [0.3, 0.4) is 0 Å². The van der Waals surface area contributed by atoms with Crippen molar-refractivity contribution in [3.63, 3.8) is 0 Å². The fourth-order valence-electron chi connectivity index (χ4n) is 3.40. The van der Waals surface area contributed by atoms with Gasteiger partial charge in [-0.2, -0.15) is 0 Å². The van der Waals surface area contributed by atoms with Crippen LogP contribution in [0.1, 0.15) is 158 Å². The second-order valence-electron chi connectivity index (χ2n) is 12.8. The van der Waals surface area contributed by atoms with Gasteiger partial charge in [0.25, 0.3) is 0 Å². The maximum atomic E-state index is 10.2. The second-order valence-corrected chi connectivity index (χ2v) is 12.8. The molecule has 3 N–H and O–H groups in total. The molecule has 0 amide bonds. The van der Waals surface area contributed by atoms with Crippen molar-refractivity contribution >= 4 is 17.9 Å². The van der Waals surface area contributed by atoms with Gasteiger partial charge in [-0.05, 0) is 48.9 Å². The number of aliphatic carboxylic acids is 3. The summed E-state index contributed by atoms with van der Waals surface area (Å²) in [5, 5.41) is 25.1. The number of hydrogen-bond donors (Lipinski definition) is 3. The summed E-state index contributed by atoms with van der Waals surface area (Å²) < 4.78 is 0. The first-order valence-electron chi connectivity index (χ1n) is 14.1. The van der Waals surface area contributed by atoms with E-state index in [0.717, 1.165) is 57.3 Å². The molecule has 0 atom stereocenters. The molecule has 0 spiro atoms.